The van der Waals surface area contributed by atoms with Gasteiger partial charge in [0, 0.05) is 30.1 Å². The van der Waals surface area contributed by atoms with Crippen molar-refractivity contribution in [3.63, 3.8) is 0 Å². The van der Waals surface area contributed by atoms with E-state index >= 15 is 0 Å². The van der Waals surface area contributed by atoms with Crippen molar-refractivity contribution in [3.05, 3.63) is 41.0 Å². The Balaban J connectivity index is 2.42. The average molecular weight is 231 g/mol. The van der Waals surface area contributed by atoms with E-state index in [0.29, 0.717) is 18.0 Å². The smallest absolute Gasteiger partial charge is 0.0729 e. The third-order valence-corrected chi connectivity index (χ3v) is 2.52. The first-order valence-corrected chi connectivity index (χ1v) is 5.42. The van der Waals surface area contributed by atoms with Crippen molar-refractivity contribution in [1.29, 1.82) is 0 Å². The Kier molecular flexibility index (Phi) is 3.40. The molecule has 0 bridgehead atoms. The Labute approximate surface area is 99.4 Å². The van der Waals surface area contributed by atoms with Crippen LogP contribution in [0.15, 0.2) is 30.5 Å². The number of hydrogen-bond acceptors (Lipinski definition) is 2. The zero-order chi connectivity index (χ0) is 11.4. The van der Waals surface area contributed by atoms with Gasteiger partial charge in [-0.2, -0.15) is 0 Å². The highest BCUT2D eigenvalue weighted by molar-refractivity contribution is 6.35. The fourth-order valence-electron chi connectivity index (χ4n) is 1.43. The number of rotatable bonds is 1. The molecule has 2 aromatic rings. The molecule has 3 heteroatoms. The molecule has 0 saturated heterocycles. The van der Waals surface area contributed by atoms with E-state index in [4.69, 9.17) is 17.3 Å². The maximum atomic E-state index is 6.04. The predicted octanol–water partition coefficient (Wildman–Crippen LogP) is 2.59. The number of fused-ring (bicyclic) bond motifs is 1. The predicted molar refractivity (Wildman–Crippen MR) is 67.3 cm³/mol. The standard InChI is InChI=1S/C13H11ClN2/c14-12-6-8-16-13-9-10(3-1-2-7-15)4-5-11(12)13/h4-6,8-9H,2,7,15H2. The quantitative estimate of drug-likeness (QED) is 0.765. The summed E-state index contributed by atoms with van der Waals surface area (Å²) in [4.78, 5) is 4.25. The van der Waals surface area contributed by atoms with Crippen molar-refractivity contribution in [2.75, 3.05) is 6.54 Å². The largest absolute Gasteiger partial charge is 0.330 e. The highest BCUT2D eigenvalue weighted by Gasteiger charge is 1.99. The lowest BCUT2D eigenvalue weighted by Crippen LogP contribution is -1.95. The van der Waals surface area contributed by atoms with Crippen LogP contribution in [0, 0.1) is 11.8 Å². The molecule has 0 saturated carbocycles. The summed E-state index contributed by atoms with van der Waals surface area (Å²) in [7, 11) is 0. The van der Waals surface area contributed by atoms with Gasteiger partial charge in [-0.3, -0.25) is 4.98 Å². The van der Waals surface area contributed by atoms with Gasteiger partial charge < -0.3 is 5.73 Å². The molecule has 2 rings (SSSR count). The number of nitrogens with zero attached hydrogens (tertiary/aromatic N) is 1. The van der Waals surface area contributed by atoms with Gasteiger partial charge in [0.1, 0.15) is 0 Å². The van der Waals surface area contributed by atoms with Crippen LogP contribution in [0.3, 0.4) is 0 Å². The summed E-state index contributed by atoms with van der Waals surface area (Å²) in [5.74, 6) is 6.04. The number of halogens is 1. The van der Waals surface area contributed by atoms with Crippen LogP contribution in [0.1, 0.15) is 12.0 Å². The summed E-state index contributed by atoms with van der Waals surface area (Å²) in [6, 6.07) is 7.60. The molecule has 0 aliphatic carbocycles. The van der Waals surface area contributed by atoms with E-state index < -0.39 is 0 Å². The van der Waals surface area contributed by atoms with Crippen LogP contribution in [0.2, 0.25) is 5.02 Å². The minimum atomic E-state index is 0.588. The molecule has 0 fully saturated rings. The Morgan fingerprint density at radius 1 is 1.31 bits per heavy atom. The number of pyridine rings is 1. The van der Waals surface area contributed by atoms with Crippen molar-refractivity contribution in [3.8, 4) is 11.8 Å². The first kappa shape index (κ1) is 10.9. The molecule has 0 spiro atoms. The van der Waals surface area contributed by atoms with E-state index in [-0.39, 0.29) is 0 Å². The molecule has 0 unspecified atom stereocenters. The summed E-state index contributed by atoms with van der Waals surface area (Å²) < 4.78 is 0. The summed E-state index contributed by atoms with van der Waals surface area (Å²) in [5, 5.41) is 1.67. The van der Waals surface area contributed by atoms with Crippen LogP contribution < -0.4 is 5.73 Å². The molecule has 0 aliphatic heterocycles. The maximum absolute atomic E-state index is 6.04. The summed E-state index contributed by atoms with van der Waals surface area (Å²) in [6.07, 6.45) is 2.41. The number of hydrogen-bond donors (Lipinski definition) is 1. The average Bonchev–Trinajstić information content (AvgIpc) is 2.30. The van der Waals surface area contributed by atoms with Gasteiger partial charge in [0.2, 0.25) is 0 Å². The molecule has 1 heterocycles. The fraction of sp³-hybridized carbons (Fsp3) is 0.154. The summed E-state index contributed by atoms with van der Waals surface area (Å²) >= 11 is 6.04. The van der Waals surface area contributed by atoms with Crippen molar-refractivity contribution in [2.45, 2.75) is 6.42 Å². The van der Waals surface area contributed by atoms with E-state index in [2.05, 4.69) is 16.8 Å². The minimum Gasteiger partial charge on any atom is -0.330 e. The van der Waals surface area contributed by atoms with Crippen LogP contribution in [-0.2, 0) is 0 Å². The fourth-order valence-corrected chi connectivity index (χ4v) is 1.64. The second-order valence-corrected chi connectivity index (χ2v) is 3.77. The molecule has 0 radical (unpaired) electrons. The topological polar surface area (TPSA) is 38.9 Å². The molecule has 0 amide bonds. The Bertz CT molecular complexity index is 567. The van der Waals surface area contributed by atoms with Gasteiger partial charge in [-0.05, 0) is 18.2 Å². The molecular weight excluding hydrogens is 220 g/mol. The van der Waals surface area contributed by atoms with Crippen molar-refractivity contribution in [1.82, 2.24) is 4.98 Å². The molecule has 2 N–H and O–H groups in total. The molecule has 1 aromatic heterocycles. The van der Waals surface area contributed by atoms with Gasteiger partial charge in [0.05, 0.1) is 10.5 Å². The second-order valence-electron chi connectivity index (χ2n) is 3.37. The molecule has 0 atom stereocenters. The van der Waals surface area contributed by atoms with E-state index in [1.165, 1.54) is 0 Å². The molecule has 80 valence electrons. The van der Waals surface area contributed by atoms with Crippen molar-refractivity contribution >= 4 is 22.5 Å². The summed E-state index contributed by atoms with van der Waals surface area (Å²) in [6.45, 7) is 0.588. The lowest BCUT2D eigenvalue weighted by molar-refractivity contribution is 1.03. The van der Waals surface area contributed by atoms with Crippen LogP contribution >= 0.6 is 11.6 Å². The van der Waals surface area contributed by atoms with Gasteiger partial charge in [0.15, 0.2) is 0 Å². The van der Waals surface area contributed by atoms with Gasteiger partial charge in [-0.15, -0.1) is 0 Å². The minimum absolute atomic E-state index is 0.588. The Hall–Kier alpha value is -1.56. The van der Waals surface area contributed by atoms with Gasteiger partial charge in [-0.1, -0.05) is 29.5 Å². The van der Waals surface area contributed by atoms with E-state index in [0.717, 1.165) is 16.5 Å². The normalized spacial score (nSPS) is 9.88. The Morgan fingerprint density at radius 2 is 2.19 bits per heavy atom. The molecule has 0 aliphatic rings. The second kappa shape index (κ2) is 4.98. The van der Waals surface area contributed by atoms with Crippen LogP contribution in [0.4, 0.5) is 0 Å². The number of nitrogens with two attached hydrogens (primary N) is 1. The lowest BCUT2D eigenvalue weighted by atomic mass is 10.1. The zero-order valence-corrected chi connectivity index (χ0v) is 9.46. The highest BCUT2D eigenvalue weighted by Crippen LogP contribution is 2.21. The number of aromatic nitrogens is 1. The third-order valence-electron chi connectivity index (χ3n) is 2.19. The first-order chi connectivity index (χ1) is 7.81. The Morgan fingerprint density at radius 3 is 3.00 bits per heavy atom. The van der Waals surface area contributed by atoms with Crippen molar-refractivity contribution < 1.29 is 0 Å². The van der Waals surface area contributed by atoms with Crippen LogP contribution in [-0.4, -0.2) is 11.5 Å². The highest BCUT2D eigenvalue weighted by atomic mass is 35.5. The molecule has 16 heavy (non-hydrogen) atoms. The lowest BCUT2D eigenvalue weighted by Gasteiger charge is -1.99. The van der Waals surface area contributed by atoms with Crippen molar-refractivity contribution in [2.24, 2.45) is 5.73 Å². The molecule has 1 aromatic carbocycles. The summed E-state index contributed by atoms with van der Waals surface area (Å²) in [5.41, 5.74) is 7.18. The third kappa shape index (κ3) is 2.33. The van der Waals surface area contributed by atoms with E-state index in [1.807, 2.05) is 18.2 Å². The van der Waals surface area contributed by atoms with E-state index in [1.54, 1.807) is 12.3 Å². The van der Waals surface area contributed by atoms with Gasteiger partial charge in [0.25, 0.3) is 0 Å². The van der Waals surface area contributed by atoms with Gasteiger partial charge >= 0.3 is 0 Å². The number of benzene rings is 1. The zero-order valence-electron chi connectivity index (χ0n) is 8.70. The molecule has 2 nitrogen and oxygen atoms in total. The molecular formula is C13H11ClN2. The first-order valence-electron chi connectivity index (χ1n) is 5.04. The van der Waals surface area contributed by atoms with Gasteiger partial charge in [-0.25, -0.2) is 0 Å². The monoisotopic (exact) mass is 230 g/mol. The van der Waals surface area contributed by atoms with Crippen LogP contribution in [0.5, 0.6) is 0 Å². The van der Waals surface area contributed by atoms with Crippen LogP contribution in [0.25, 0.3) is 10.9 Å². The SMILES string of the molecule is NCCC#Cc1ccc2c(Cl)ccnc2c1. The van der Waals surface area contributed by atoms with E-state index in [9.17, 15) is 0 Å². The maximum Gasteiger partial charge on any atom is 0.0729 e.